The third-order valence-corrected chi connectivity index (χ3v) is 3.45. The van der Waals surface area contributed by atoms with Crippen LogP contribution < -0.4 is 16.6 Å². The van der Waals surface area contributed by atoms with Crippen molar-refractivity contribution in [2.24, 2.45) is 5.84 Å². The lowest BCUT2D eigenvalue weighted by Crippen LogP contribution is -2.46. The molecule has 110 valence electrons. The quantitative estimate of drug-likeness (QED) is 0.563. The Hall–Kier alpha value is -1.34. The Morgan fingerprint density at radius 3 is 3.10 bits per heavy atom. The summed E-state index contributed by atoms with van der Waals surface area (Å²) in [6.07, 6.45) is 0.00571. The largest absolute Gasteiger partial charge is 0.374 e. The van der Waals surface area contributed by atoms with Crippen molar-refractivity contribution >= 4 is 23.2 Å². The summed E-state index contributed by atoms with van der Waals surface area (Å²) in [4.78, 5) is 14.3. The molecule has 0 radical (unpaired) electrons. The van der Waals surface area contributed by atoms with Gasteiger partial charge in [0.1, 0.15) is 0 Å². The van der Waals surface area contributed by atoms with Gasteiger partial charge in [0.25, 0.3) is 5.91 Å². The molecule has 4 N–H and O–H groups in total. The number of nitrogens with two attached hydrogens (primary N) is 1. The highest BCUT2D eigenvalue weighted by molar-refractivity contribution is 6.31. The van der Waals surface area contributed by atoms with E-state index in [1.165, 1.54) is 0 Å². The van der Waals surface area contributed by atoms with Crippen LogP contribution in [0.2, 0.25) is 5.02 Å². The first kappa shape index (κ1) is 15.1. The van der Waals surface area contributed by atoms with Crippen molar-refractivity contribution in [1.82, 2.24) is 10.2 Å². The van der Waals surface area contributed by atoms with Gasteiger partial charge in [-0.15, -0.1) is 0 Å². The Kier molecular flexibility index (Phi) is 5.19. The van der Waals surface area contributed by atoms with E-state index in [2.05, 4.69) is 15.6 Å². The van der Waals surface area contributed by atoms with Crippen molar-refractivity contribution in [3.63, 3.8) is 0 Å². The maximum absolute atomic E-state index is 12.2. The molecule has 1 aliphatic rings. The van der Waals surface area contributed by atoms with Gasteiger partial charge in [0.05, 0.1) is 24.0 Å². The normalized spacial score (nSPS) is 19.6. The number of nitrogens with one attached hydrogen (secondary N) is 2. The minimum Gasteiger partial charge on any atom is -0.374 e. The first-order valence-electron chi connectivity index (χ1n) is 6.44. The number of carbonyl (C=O) groups is 1. The van der Waals surface area contributed by atoms with E-state index >= 15 is 0 Å². The number of hydrogen-bond acceptors (Lipinski definition) is 5. The smallest absolute Gasteiger partial charge is 0.253 e. The van der Waals surface area contributed by atoms with Crippen LogP contribution in [0, 0.1) is 0 Å². The molecule has 6 nitrogen and oxygen atoms in total. The van der Waals surface area contributed by atoms with E-state index in [1.807, 2.05) is 7.05 Å². The molecule has 1 aliphatic heterocycles. The van der Waals surface area contributed by atoms with Gasteiger partial charge in [0.2, 0.25) is 0 Å². The summed E-state index contributed by atoms with van der Waals surface area (Å²) in [5.74, 6) is 5.17. The van der Waals surface area contributed by atoms with E-state index < -0.39 is 0 Å². The second-order valence-corrected chi connectivity index (χ2v) is 5.24. The van der Waals surface area contributed by atoms with Crippen LogP contribution in [0.1, 0.15) is 10.4 Å². The summed E-state index contributed by atoms with van der Waals surface area (Å²) in [5.41, 5.74) is 3.45. The number of morpholine rings is 1. The highest BCUT2D eigenvalue weighted by Gasteiger charge is 2.19. The Labute approximate surface area is 123 Å². The van der Waals surface area contributed by atoms with Gasteiger partial charge in [0.15, 0.2) is 0 Å². The molecule has 7 heteroatoms. The Bertz CT molecular complexity index is 483. The van der Waals surface area contributed by atoms with E-state index in [0.29, 0.717) is 29.4 Å². The van der Waals surface area contributed by atoms with Gasteiger partial charge in [0, 0.05) is 24.7 Å². The van der Waals surface area contributed by atoms with Crippen LogP contribution in [0.25, 0.3) is 0 Å². The molecule has 1 saturated heterocycles. The van der Waals surface area contributed by atoms with Crippen molar-refractivity contribution in [3.8, 4) is 0 Å². The highest BCUT2D eigenvalue weighted by atomic mass is 35.5. The number of amides is 1. The number of carbonyl (C=O) groups excluding carboxylic acids is 1. The number of nitrogens with zero attached hydrogens (tertiary/aromatic N) is 1. The molecule has 1 atom stereocenters. The molecule has 0 aromatic heterocycles. The highest BCUT2D eigenvalue weighted by Crippen LogP contribution is 2.19. The lowest BCUT2D eigenvalue weighted by molar-refractivity contribution is -0.0174. The molecule has 1 fully saturated rings. The van der Waals surface area contributed by atoms with Crippen molar-refractivity contribution in [1.29, 1.82) is 0 Å². The number of hydrazine groups is 1. The summed E-state index contributed by atoms with van der Waals surface area (Å²) in [5, 5.41) is 3.34. The zero-order valence-electron chi connectivity index (χ0n) is 11.4. The van der Waals surface area contributed by atoms with Gasteiger partial charge in [-0.2, -0.15) is 0 Å². The third-order valence-electron chi connectivity index (χ3n) is 3.21. The van der Waals surface area contributed by atoms with Crippen LogP contribution in [0.3, 0.4) is 0 Å². The van der Waals surface area contributed by atoms with Gasteiger partial charge in [-0.3, -0.25) is 10.6 Å². The van der Waals surface area contributed by atoms with E-state index in [-0.39, 0.29) is 12.0 Å². The van der Waals surface area contributed by atoms with Crippen LogP contribution in [-0.4, -0.2) is 50.2 Å². The summed E-state index contributed by atoms with van der Waals surface area (Å²) in [7, 11) is 2.03. The lowest BCUT2D eigenvalue weighted by atomic mass is 10.1. The standard InChI is InChI=1S/C13H19ClN4O2/c1-18-4-5-20-10(8-18)7-16-13(19)11-6-9(14)2-3-12(11)17-15/h2-3,6,10,17H,4-5,7-8,15H2,1H3,(H,16,19). The molecular weight excluding hydrogens is 280 g/mol. The fourth-order valence-corrected chi connectivity index (χ4v) is 2.29. The van der Waals surface area contributed by atoms with Gasteiger partial charge in [-0.25, -0.2) is 0 Å². The molecule has 1 heterocycles. The number of nitrogen functional groups attached to an aromatic ring is 1. The second kappa shape index (κ2) is 6.90. The number of ether oxygens (including phenoxy) is 1. The zero-order chi connectivity index (χ0) is 14.5. The molecular formula is C13H19ClN4O2. The molecule has 0 spiro atoms. The Morgan fingerprint density at radius 1 is 1.60 bits per heavy atom. The molecule has 1 amide bonds. The molecule has 20 heavy (non-hydrogen) atoms. The predicted molar refractivity (Wildman–Crippen MR) is 78.8 cm³/mol. The van der Waals surface area contributed by atoms with Gasteiger partial charge in [-0.05, 0) is 25.2 Å². The second-order valence-electron chi connectivity index (χ2n) is 4.80. The first-order valence-corrected chi connectivity index (χ1v) is 6.82. The molecule has 1 unspecified atom stereocenters. The number of anilines is 1. The molecule has 2 rings (SSSR count). The lowest BCUT2D eigenvalue weighted by Gasteiger charge is -2.30. The monoisotopic (exact) mass is 298 g/mol. The summed E-state index contributed by atoms with van der Waals surface area (Å²) in [6, 6.07) is 4.93. The number of rotatable bonds is 4. The van der Waals surface area contributed by atoms with E-state index in [1.54, 1.807) is 18.2 Å². The molecule has 0 saturated carbocycles. The Morgan fingerprint density at radius 2 is 2.40 bits per heavy atom. The van der Waals surface area contributed by atoms with Crippen molar-refractivity contribution in [3.05, 3.63) is 28.8 Å². The predicted octanol–water partition coefficient (Wildman–Crippen LogP) is 0.686. The third kappa shape index (κ3) is 3.83. The first-order chi connectivity index (χ1) is 9.60. The van der Waals surface area contributed by atoms with E-state index in [0.717, 1.165) is 13.1 Å². The molecule has 1 aromatic carbocycles. The van der Waals surface area contributed by atoms with Crippen molar-refractivity contribution in [2.75, 3.05) is 38.7 Å². The number of likely N-dealkylation sites (N-methyl/N-ethyl adjacent to an activating group) is 1. The van der Waals surface area contributed by atoms with Gasteiger partial charge >= 0.3 is 0 Å². The summed E-state index contributed by atoms with van der Waals surface area (Å²) >= 11 is 5.91. The maximum atomic E-state index is 12.2. The number of benzene rings is 1. The molecule has 0 aliphatic carbocycles. The average Bonchev–Trinajstić information content (AvgIpc) is 2.45. The van der Waals surface area contributed by atoms with E-state index in [4.69, 9.17) is 22.2 Å². The van der Waals surface area contributed by atoms with Crippen LogP contribution in [0.5, 0.6) is 0 Å². The van der Waals surface area contributed by atoms with Crippen molar-refractivity contribution in [2.45, 2.75) is 6.10 Å². The summed E-state index contributed by atoms with van der Waals surface area (Å²) < 4.78 is 5.59. The number of hydrogen-bond donors (Lipinski definition) is 3. The van der Waals surface area contributed by atoms with Gasteiger partial charge < -0.3 is 20.4 Å². The SMILES string of the molecule is CN1CCOC(CNC(=O)c2cc(Cl)ccc2NN)C1. The number of halogens is 1. The minimum absolute atomic E-state index is 0.00571. The van der Waals surface area contributed by atoms with Crippen molar-refractivity contribution < 1.29 is 9.53 Å². The van der Waals surface area contributed by atoms with Crippen LogP contribution in [0.15, 0.2) is 18.2 Å². The summed E-state index contributed by atoms with van der Waals surface area (Å²) in [6.45, 7) is 2.86. The van der Waals surface area contributed by atoms with Gasteiger partial charge in [-0.1, -0.05) is 11.6 Å². The fraction of sp³-hybridized carbons (Fsp3) is 0.462. The molecule has 1 aromatic rings. The average molecular weight is 299 g/mol. The zero-order valence-corrected chi connectivity index (χ0v) is 12.1. The topological polar surface area (TPSA) is 79.6 Å². The maximum Gasteiger partial charge on any atom is 0.253 e. The van der Waals surface area contributed by atoms with E-state index in [9.17, 15) is 4.79 Å². The van der Waals surface area contributed by atoms with Crippen LogP contribution in [0.4, 0.5) is 5.69 Å². The Balaban J connectivity index is 1.96. The fourth-order valence-electron chi connectivity index (χ4n) is 2.12. The van der Waals surface area contributed by atoms with Crippen LogP contribution >= 0.6 is 11.6 Å². The van der Waals surface area contributed by atoms with Crippen LogP contribution in [-0.2, 0) is 4.74 Å². The minimum atomic E-state index is -0.225. The molecule has 0 bridgehead atoms.